The molecule has 34 heavy (non-hydrogen) atoms. The van der Waals surface area contributed by atoms with Crippen molar-refractivity contribution in [1.29, 1.82) is 0 Å². The number of benzene rings is 4. The molecule has 4 amide bonds. The summed E-state index contributed by atoms with van der Waals surface area (Å²) in [6.07, 6.45) is 0. The third-order valence-electron chi connectivity index (χ3n) is 5.78. The molecule has 1 heterocycles. The van der Waals surface area contributed by atoms with Crippen LogP contribution in [0, 0.1) is 0 Å². The zero-order chi connectivity index (χ0) is 23.5. The number of hydrazine groups is 1. The van der Waals surface area contributed by atoms with E-state index in [1.807, 2.05) is 48.5 Å². The molecule has 0 aliphatic carbocycles. The Morgan fingerprint density at radius 2 is 1.38 bits per heavy atom. The van der Waals surface area contributed by atoms with E-state index in [0.717, 1.165) is 15.8 Å². The predicted octanol–water partition coefficient (Wildman–Crippen LogP) is 3.75. The molecule has 4 aromatic carbocycles. The summed E-state index contributed by atoms with van der Waals surface area (Å²) in [6, 6.07) is 30.3. The summed E-state index contributed by atoms with van der Waals surface area (Å²) in [4.78, 5) is 39.2. The van der Waals surface area contributed by atoms with Crippen LogP contribution in [0.15, 0.2) is 103 Å². The van der Waals surface area contributed by atoms with Crippen molar-refractivity contribution in [3.63, 3.8) is 0 Å². The van der Waals surface area contributed by atoms with Gasteiger partial charge in [-0.2, -0.15) is 5.01 Å². The first-order chi connectivity index (χ1) is 16.6. The molecule has 1 aliphatic rings. The highest BCUT2D eigenvalue weighted by Crippen LogP contribution is 2.35. The Hall–Kier alpha value is -4.65. The van der Waals surface area contributed by atoms with Gasteiger partial charge in [0.25, 0.3) is 11.8 Å². The third-order valence-corrected chi connectivity index (χ3v) is 5.78. The summed E-state index contributed by atoms with van der Waals surface area (Å²) >= 11 is 0. The molecule has 0 atom stereocenters. The number of ether oxygens (including phenoxy) is 1. The summed E-state index contributed by atoms with van der Waals surface area (Å²) in [7, 11) is 0. The van der Waals surface area contributed by atoms with Crippen molar-refractivity contribution in [2.45, 2.75) is 5.54 Å². The van der Waals surface area contributed by atoms with Crippen LogP contribution in [0.5, 0.6) is 5.75 Å². The van der Waals surface area contributed by atoms with Gasteiger partial charge in [0.15, 0.2) is 12.1 Å². The van der Waals surface area contributed by atoms with E-state index in [4.69, 9.17) is 4.74 Å². The molecule has 0 bridgehead atoms. The topological polar surface area (TPSA) is 87.7 Å². The fraction of sp³-hybridized carbons (Fsp3) is 0.0741. The van der Waals surface area contributed by atoms with E-state index in [2.05, 4.69) is 10.7 Å². The van der Waals surface area contributed by atoms with Crippen LogP contribution in [0.25, 0.3) is 10.8 Å². The van der Waals surface area contributed by atoms with Gasteiger partial charge in [-0.25, -0.2) is 4.79 Å². The molecule has 2 N–H and O–H groups in total. The first kappa shape index (κ1) is 21.2. The minimum Gasteiger partial charge on any atom is -0.483 e. The molecule has 0 spiro atoms. The molecule has 1 saturated heterocycles. The van der Waals surface area contributed by atoms with Crippen LogP contribution >= 0.6 is 0 Å². The second kappa shape index (κ2) is 8.71. The lowest BCUT2D eigenvalue weighted by atomic mass is 9.83. The van der Waals surface area contributed by atoms with Crippen molar-refractivity contribution in [2.24, 2.45) is 0 Å². The van der Waals surface area contributed by atoms with Crippen molar-refractivity contribution in [3.8, 4) is 5.75 Å². The van der Waals surface area contributed by atoms with Crippen molar-refractivity contribution >= 4 is 28.6 Å². The fourth-order valence-corrected chi connectivity index (χ4v) is 4.19. The minimum absolute atomic E-state index is 0.366. The highest BCUT2D eigenvalue weighted by atomic mass is 16.5. The number of hydrogen-bond donors (Lipinski definition) is 2. The van der Waals surface area contributed by atoms with Crippen LogP contribution in [0.4, 0.5) is 4.79 Å². The number of carbonyl (C=O) groups excluding carboxylic acids is 3. The quantitative estimate of drug-likeness (QED) is 0.437. The Bertz CT molecular complexity index is 1330. The van der Waals surface area contributed by atoms with E-state index in [-0.39, 0.29) is 6.61 Å². The fourth-order valence-electron chi connectivity index (χ4n) is 4.19. The Morgan fingerprint density at radius 3 is 2.06 bits per heavy atom. The van der Waals surface area contributed by atoms with Crippen LogP contribution in [0.1, 0.15) is 11.1 Å². The van der Waals surface area contributed by atoms with Gasteiger partial charge in [0.05, 0.1) is 0 Å². The molecule has 5 rings (SSSR count). The summed E-state index contributed by atoms with van der Waals surface area (Å²) in [5.41, 5.74) is 2.12. The molecule has 7 nitrogen and oxygen atoms in total. The zero-order valence-electron chi connectivity index (χ0n) is 18.1. The normalized spacial score (nSPS) is 14.6. The van der Waals surface area contributed by atoms with E-state index in [9.17, 15) is 14.4 Å². The molecule has 7 heteroatoms. The number of amides is 4. The van der Waals surface area contributed by atoms with E-state index in [0.29, 0.717) is 16.9 Å². The van der Waals surface area contributed by atoms with E-state index in [1.54, 1.807) is 54.6 Å². The van der Waals surface area contributed by atoms with Gasteiger partial charge >= 0.3 is 6.03 Å². The number of nitrogens with zero attached hydrogens (tertiary/aromatic N) is 1. The molecule has 168 valence electrons. The maximum atomic E-state index is 13.6. The van der Waals surface area contributed by atoms with Crippen LogP contribution in [-0.4, -0.2) is 29.5 Å². The third kappa shape index (κ3) is 3.63. The number of carbonyl (C=O) groups is 3. The number of urea groups is 1. The number of fused-ring (bicyclic) bond motifs is 1. The van der Waals surface area contributed by atoms with Crippen LogP contribution < -0.4 is 15.5 Å². The highest BCUT2D eigenvalue weighted by Gasteiger charge is 2.54. The Morgan fingerprint density at radius 1 is 0.794 bits per heavy atom. The first-order valence-electron chi connectivity index (χ1n) is 10.8. The average Bonchev–Trinajstić information content (AvgIpc) is 3.14. The van der Waals surface area contributed by atoms with Gasteiger partial charge in [0.2, 0.25) is 0 Å². The lowest BCUT2D eigenvalue weighted by molar-refractivity contribution is -0.139. The predicted molar refractivity (Wildman–Crippen MR) is 127 cm³/mol. The molecular weight excluding hydrogens is 430 g/mol. The van der Waals surface area contributed by atoms with Crippen molar-refractivity contribution in [1.82, 2.24) is 15.8 Å². The summed E-state index contributed by atoms with van der Waals surface area (Å²) in [5.74, 6) is -0.699. The lowest BCUT2D eigenvalue weighted by Crippen LogP contribution is -2.50. The van der Waals surface area contributed by atoms with Crippen molar-refractivity contribution < 1.29 is 19.1 Å². The standard InChI is InChI=1S/C27H21N3O4/c31-24(18-34-23-17-9-11-19-10-7-8-16-22(19)23)29-30-25(32)27(28-26(30)33,20-12-3-1-4-13-20)21-14-5-2-6-15-21/h1-17H,18H2,(H,28,33)(H,29,31). The number of rotatable bonds is 6. The van der Waals surface area contributed by atoms with Gasteiger partial charge in [-0.1, -0.05) is 97.1 Å². The van der Waals surface area contributed by atoms with Gasteiger partial charge in [-0.15, -0.1) is 0 Å². The SMILES string of the molecule is O=C(COc1cccc2ccccc12)NN1C(=O)NC(c2ccccc2)(c2ccccc2)C1=O. The minimum atomic E-state index is -1.45. The average molecular weight is 451 g/mol. The molecule has 1 fully saturated rings. The number of hydrogen-bond acceptors (Lipinski definition) is 4. The Labute approximate surface area is 195 Å². The van der Waals surface area contributed by atoms with Gasteiger partial charge in [0, 0.05) is 5.39 Å². The Balaban J connectivity index is 1.38. The lowest BCUT2D eigenvalue weighted by Gasteiger charge is -2.27. The Kier molecular flexibility index (Phi) is 5.43. The van der Waals surface area contributed by atoms with Gasteiger partial charge in [0.1, 0.15) is 5.75 Å². The molecule has 0 saturated carbocycles. The van der Waals surface area contributed by atoms with Crippen molar-refractivity contribution in [3.05, 3.63) is 114 Å². The molecule has 0 unspecified atom stereocenters. The van der Waals surface area contributed by atoms with E-state index < -0.39 is 23.4 Å². The smallest absolute Gasteiger partial charge is 0.344 e. The molecule has 1 aliphatic heterocycles. The number of nitrogens with one attached hydrogen (secondary N) is 2. The van der Waals surface area contributed by atoms with E-state index >= 15 is 0 Å². The summed E-state index contributed by atoms with van der Waals surface area (Å²) < 4.78 is 5.70. The molecule has 0 radical (unpaired) electrons. The van der Waals surface area contributed by atoms with Crippen molar-refractivity contribution in [2.75, 3.05) is 6.61 Å². The van der Waals surface area contributed by atoms with E-state index in [1.165, 1.54) is 0 Å². The number of imide groups is 1. The molecule has 4 aromatic rings. The molecule has 0 aromatic heterocycles. The van der Waals surface area contributed by atoms with Crippen LogP contribution in [0.2, 0.25) is 0 Å². The van der Waals surface area contributed by atoms with Crippen LogP contribution in [0.3, 0.4) is 0 Å². The second-order valence-corrected chi connectivity index (χ2v) is 7.85. The van der Waals surface area contributed by atoms with Gasteiger partial charge in [-0.3, -0.25) is 15.0 Å². The summed E-state index contributed by atoms with van der Waals surface area (Å²) in [5, 5.41) is 5.34. The monoisotopic (exact) mass is 451 g/mol. The van der Waals surface area contributed by atoms with Gasteiger partial charge in [-0.05, 0) is 22.6 Å². The van der Waals surface area contributed by atoms with Crippen LogP contribution in [-0.2, 0) is 15.1 Å². The highest BCUT2D eigenvalue weighted by molar-refractivity contribution is 6.10. The molecular formula is C27H21N3O4. The summed E-state index contributed by atoms with van der Waals surface area (Å²) in [6.45, 7) is -0.366. The maximum absolute atomic E-state index is 13.6. The largest absolute Gasteiger partial charge is 0.483 e. The second-order valence-electron chi connectivity index (χ2n) is 7.85. The zero-order valence-corrected chi connectivity index (χ0v) is 18.1. The maximum Gasteiger partial charge on any atom is 0.344 e. The first-order valence-corrected chi connectivity index (χ1v) is 10.8. The van der Waals surface area contributed by atoms with Gasteiger partial charge < -0.3 is 10.1 Å².